The zero-order valence-electron chi connectivity index (χ0n) is 21.3. The second-order valence-electron chi connectivity index (χ2n) is 9.87. The number of fused-ring (bicyclic) bond motifs is 2. The van der Waals surface area contributed by atoms with E-state index in [9.17, 15) is 0 Å². The molecule has 1 aliphatic rings. The molecule has 1 saturated heterocycles. The zero-order valence-corrected chi connectivity index (χ0v) is 21.3. The lowest BCUT2D eigenvalue weighted by atomic mass is 10.0. The number of H-pyrrole nitrogens is 1. The Balaban J connectivity index is 1.27. The van der Waals surface area contributed by atoms with E-state index in [1.54, 1.807) is 0 Å². The second-order valence-corrected chi connectivity index (χ2v) is 9.87. The monoisotopic (exact) mass is 491 g/mol. The normalized spacial score (nSPS) is 14.7. The molecule has 1 fully saturated rings. The predicted octanol–water partition coefficient (Wildman–Crippen LogP) is 4.61. The van der Waals surface area contributed by atoms with Crippen molar-refractivity contribution in [2.75, 3.05) is 38.5 Å². The van der Waals surface area contributed by atoms with Crippen molar-refractivity contribution < 1.29 is 4.52 Å². The van der Waals surface area contributed by atoms with Crippen LogP contribution in [0.15, 0.2) is 53.1 Å². The van der Waals surface area contributed by atoms with E-state index in [1.165, 1.54) is 11.1 Å². The van der Waals surface area contributed by atoms with Crippen LogP contribution in [0.1, 0.15) is 27.8 Å². The molecule has 0 saturated carbocycles. The average Bonchev–Trinajstić information content (AvgIpc) is 3.51. The van der Waals surface area contributed by atoms with Crippen LogP contribution in [-0.2, 0) is 6.54 Å². The Morgan fingerprint density at radius 1 is 1.00 bits per heavy atom. The fourth-order valence-electron chi connectivity index (χ4n) is 4.83. The highest BCUT2D eigenvalue weighted by molar-refractivity contribution is 5.94. The lowest BCUT2D eigenvalue weighted by Crippen LogP contribution is -2.43. The van der Waals surface area contributed by atoms with Crippen molar-refractivity contribution in [3.63, 3.8) is 0 Å². The molecule has 37 heavy (non-hydrogen) atoms. The van der Waals surface area contributed by atoms with Gasteiger partial charge in [0, 0.05) is 44.0 Å². The molecule has 6 rings (SSSR count). The van der Waals surface area contributed by atoms with Gasteiger partial charge in [-0.25, -0.2) is 0 Å². The smallest absolute Gasteiger partial charge is 0.184 e. The van der Waals surface area contributed by atoms with Crippen LogP contribution in [-0.4, -0.2) is 63.6 Å². The molecule has 3 heterocycles. The highest BCUT2D eigenvalue weighted by Crippen LogP contribution is 2.30. The Labute approximate surface area is 215 Å². The van der Waals surface area contributed by atoms with E-state index in [1.807, 2.05) is 31.2 Å². The summed E-state index contributed by atoms with van der Waals surface area (Å²) in [6.45, 7) is 9.52. The summed E-state index contributed by atoms with van der Waals surface area (Å²) in [7, 11) is 2.18. The number of aromatic amines is 1. The van der Waals surface area contributed by atoms with Crippen molar-refractivity contribution in [3.8, 4) is 11.8 Å². The molecule has 2 N–H and O–H groups in total. The van der Waals surface area contributed by atoms with Gasteiger partial charge in [-0.05, 0) is 74.0 Å². The summed E-state index contributed by atoms with van der Waals surface area (Å²) in [5, 5.41) is 19.5. The van der Waals surface area contributed by atoms with Gasteiger partial charge in [-0.1, -0.05) is 34.3 Å². The number of hydrogen-bond acceptors (Lipinski definition) is 7. The molecule has 0 amide bonds. The Kier molecular flexibility index (Phi) is 6.08. The lowest BCUT2D eigenvalue weighted by molar-refractivity contribution is 0.148. The number of rotatable bonds is 4. The van der Waals surface area contributed by atoms with E-state index in [4.69, 9.17) is 4.52 Å². The lowest BCUT2D eigenvalue weighted by Gasteiger charge is -2.32. The SMILES string of the molecule is Cc1cc(CN2CCN(C)CC2)cc(Nc2noc3c(C#Cc4ccc5[nH]nnc5c4)c(C)ccc23)c1. The molecule has 0 radical (unpaired) electrons. The van der Waals surface area contributed by atoms with Gasteiger partial charge in [0.2, 0.25) is 0 Å². The van der Waals surface area contributed by atoms with Crippen molar-refractivity contribution >= 4 is 33.5 Å². The minimum Gasteiger partial charge on any atom is -0.353 e. The van der Waals surface area contributed by atoms with Crippen molar-refractivity contribution in [2.45, 2.75) is 20.4 Å². The van der Waals surface area contributed by atoms with Crippen LogP contribution in [0.2, 0.25) is 0 Å². The van der Waals surface area contributed by atoms with Crippen molar-refractivity contribution in [2.24, 2.45) is 0 Å². The summed E-state index contributed by atoms with van der Waals surface area (Å²) in [5.74, 6) is 7.23. The maximum Gasteiger partial charge on any atom is 0.184 e. The van der Waals surface area contributed by atoms with Gasteiger partial charge >= 0.3 is 0 Å². The fraction of sp³-hybridized carbons (Fsp3) is 0.276. The highest BCUT2D eigenvalue weighted by atomic mass is 16.5. The third kappa shape index (κ3) is 4.92. The zero-order chi connectivity index (χ0) is 25.4. The van der Waals surface area contributed by atoms with Crippen LogP contribution in [0.25, 0.3) is 22.0 Å². The van der Waals surface area contributed by atoms with E-state index >= 15 is 0 Å². The molecule has 2 aromatic heterocycles. The molecule has 5 aromatic rings. The van der Waals surface area contributed by atoms with Crippen LogP contribution in [0, 0.1) is 25.7 Å². The van der Waals surface area contributed by atoms with Crippen LogP contribution in [0.3, 0.4) is 0 Å². The summed E-state index contributed by atoms with van der Waals surface area (Å²) in [4.78, 5) is 4.89. The number of hydrogen-bond donors (Lipinski definition) is 2. The molecule has 3 aromatic carbocycles. The molecule has 8 nitrogen and oxygen atoms in total. The van der Waals surface area contributed by atoms with Crippen molar-refractivity contribution in [3.05, 3.63) is 76.3 Å². The minimum atomic E-state index is 0.683. The van der Waals surface area contributed by atoms with Crippen molar-refractivity contribution in [1.29, 1.82) is 0 Å². The number of benzene rings is 3. The molecule has 8 heteroatoms. The molecule has 0 spiro atoms. The van der Waals surface area contributed by atoms with Gasteiger partial charge in [0.1, 0.15) is 5.52 Å². The maximum atomic E-state index is 5.82. The standard InChI is InChI=1S/C29H29N7O/c1-19-14-22(18-36-12-10-35(3)11-13-36)16-23(15-19)30-29-25-7-4-20(2)24(28(25)37-33-29)8-5-21-6-9-26-27(17-21)32-34-31-26/h4,6-7,9,14-17H,10-13,18H2,1-3H3,(H,30,33)(H,31,32,34). The third-order valence-electron chi connectivity index (χ3n) is 6.91. The number of aryl methyl sites for hydroxylation is 2. The summed E-state index contributed by atoms with van der Waals surface area (Å²) < 4.78 is 5.82. The first kappa shape index (κ1) is 23.2. The number of likely N-dealkylation sites (N-methyl/N-ethyl adjacent to an activating group) is 1. The first-order chi connectivity index (χ1) is 18.0. The quantitative estimate of drug-likeness (QED) is 0.355. The summed E-state index contributed by atoms with van der Waals surface area (Å²) in [6, 6.07) is 16.5. The summed E-state index contributed by atoms with van der Waals surface area (Å²) in [5.41, 5.74) is 8.61. The molecule has 0 atom stereocenters. The van der Waals surface area contributed by atoms with E-state index in [0.717, 1.165) is 71.5 Å². The van der Waals surface area contributed by atoms with Gasteiger partial charge < -0.3 is 14.7 Å². The number of piperazine rings is 1. The number of aromatic nitrogens is 4. The van der Waals surface area contributed by atoms with Crippen LogP contribution >= 0.6 is 0 Å². The third-order valence-corrected chi connectivity index (χ3v) is 6.91. The molecular weight excluding hydrogens is 462 g/mol. The predicted molar refractivity (Wildman–Crippen MR) is 146 cm³/mol. The van der Waals surface area contributed by atoms with Crippen LogP contribution in [0.5, 0.6) is 0 Å². The Hall–Kier alpha value is -4.19. The Morgan fingerprint density at radius 2 is 1.86 bits per heavy atom. The largest absolute Gasteiger partial charge is 0.353 e. The van der Waals surface area contributed by atoms with Crippen LogP contribution in [0.4, 0.5) is 11.5 Å². The van der Waals surface area contributed by atoms with Crippen LogP contribution < -0.4 is 5.32 Å². The molecule has 186 valence electrons. The van der Waals surface area contributed by atoms with Gasteiger partial charge in [0.15, 0.2) is 11.4 Å². The van der Waals surface area contributed by atoms with E-state index in [2.05, 4.69) is 85.8 Å². The second kappa shape index (κ2) is 9.69. The highest BCUT2D eigenvalue weighted by Gasteiger charge is 2.16. The number of nitrogens with zero attached hydrogens (tertiary/aromatic N) is 5. The van der Waals surface area contributed by atoms with E-state index in [0.29, 0.717) is 11.4 Å². The van der Waals surface area contributed by atoms with Gasteiger partial charge in [-0.15, -0.1) is 5.10 Å². The van der Waals surface area contributed by atoms with Gasteiger partial charge in [-0.2, -0.15) is 0 Å². The molecule has 0 unspecified atom stereocenters. The minimum absolute atomic E-state index is 0.683. The van der Waals surface area contributed by atoms with E-state index < -0.39 is 0 Å². The first-order valence-electron chi connectivity index (χ1n) is 12.5. The Bertz CT molecular complexity index is 1650. The molecule has 1 aliphatic heterocycles. The van der Waals surface area contributed by atoms with E-state index in [-0.39, 0.29) is 0 Å². The molecule has 0 bridgehead atoms. The fourth-order valence-corrected chi connectivity index (χ4v) is 4.83. The molecular formula is C29H29N7O. The summed E-state index contributed by atoms with van der Waals surface area (Å²) in [6.07, 6.45) is 0. The number of anilines is 2. The average molecular weight is 492 g/mol. The summed E-state index contributed by atoms with van der Waals surface area (Å²) >= 11 is 0. The van der Waals surface area contributed by atoms with Gasteiger partial charge in [0.05, 0.1) is 16.5 Å². The van der Waals surface area contributed by atoms with Gasteiger partial charge in [0.25, 0.3) is 0 Å². The van der Waals surface area contributed by atoms with Gasteiger partial charge in [-0.3, -0.25) is 10.00 Å². The Morgan fingerprint density at radius 3 is 2.73 bits per heavy atom. The molecule has 0 aliphatic carbocycles. The topological polar surface area (TPSA) is 86.1 Å². The van der Waals surface area contributed by atoms with Crippen molar-refractivity contribution in [1.82, 2.24) is 30.4 Å². The number of nitrogens with one attached hydrogen (secondary N) is 2. The first-order valence-corrected chi connectivity index (χ1v) is 12.5. The maximum absolute atomic E-state index is 5.82.